The van der Waals surface area contributed by atoms with E-state index < -0.39 is 5.97 Å². The Morgan fingerprint density at radius 3 is 2.83 bits per heavy atom. The van der Waals surface area contributed by atoms with E-state index in [2.05, 4.69) is 0 Å². The van der Waals surface area contributed by atoms with Crippen LogP contribution in [0.4, 0.5) is 0 Å². The van der Waals surface area contributed by atoms with E-state index in [9.17, 15) is 14.4 Å². The number of rotatable bonds is 4. The minimum atomic E-state index is -0.870. The third kappa shape index (κ3) is 3.32. The zero-order valence-corrected chi connectivity index (χ0v) is 13.2. The lowest BCUT2D eigenvalue weighted by atomic mass is 9.97. The van der Waals surface area contributed by atoms with Crippen LogP contribution in [0.5, 0.6) is 0 Å². The molecule has 0 bridgehead atoms. The molecule has 0 spiro atoms. The van der Waals surface area contributed by atoms with Crippen LogP contribution in [-0.2, 0) is 4.79 Å². The van der Waals surface area contributed by atoms with Gasteiger partial charge in [-0.3, -0.25) is 14.4 Å². The molecular formula is C18H19NO5. The van der Waals surface area contributed by atoms with Crippen LogP contribution in [0.2, 0.25) is 0 Å². The molecule has 0 aliphatic carbocycles. The van der Waals surface area contributed by atoms with Gasteiger partial charge in [0.25, 0.3) is 5.91 Å². The van der Waals surface area contributed by atoms with Gasteiger partial charge < -0.3 is 14.4 Å². The molecule has 1 saturated heterocycles. The van der Waals surface area contributed by atoms with Gasteiger partial charge in [-0.2, -0.15) is 0 Å². The van der Waals surface area contributed by atoms with Crippen molar-refractivity contribution in [3.8, 4) is 0 Å². The summed E-state index contributed by atoms with van der Waals surface area (Å²) >= 11 is 0. The molecule has 3 rings (SSSR count). The number of benzene rings is 1. The second-order valence-corrected chi connectivity index (χ2v) is 6.05. The van der Waals surface area contributed by atoms with E-state index in [-0.39, 0.29) is 29.6 Å². The van der Waals surface area contributed by atoms with Crippen molar-refractivity contribution in [2.45, 2.75) is 38.1 Å². The highest BCUT2D eigenvalue weighted by Crippen LogP contribution is 2.23. The van der Waals surface area contributed by atoms with E-state index in [0.717, 1.165) is 19.3 Å². The number of carboxylic acids is 1. The molecular weight excluding hydrogens is 310 g/mol. The third-order valence-electron chi connectivity index (χ3n) is 4.42. The number of amides is 1. The Morgan fingerprint density at radius 1 is 1.25 bits per heavy atom. The number of nitrogens with zero attached hydrogens (tertiary/aromatic N) is 1. The van der Waals surface area contributed by atoms with Crippen LogP contribution in [0.1, 0.15) is 42.7 Å². The topological polar surface area (TPSA) is 87.8 Å². The molecule has 0 radical (unpaired) electrons. The number of piperidine rings is 1. The second kappa shape index (κ2) is 6.86. The standard InChI is InChI=1S/C18H19NO5/c20-14-11-16(24-15-7-2-1-6-13(14)15)18(23)19-10-4-3-5-12(19)8-9-17(21)22/h1-2,6-7,11-12H,3-5,8-10H2,(H,21,22)/t12-/m0/s1. The van der Waals surface area contributed by atoms with Crippen molar-refractivity contribution in [1.82, 2.24) is 4.90 Å². The average molecular weight is 329 g/mol. The van der Waals surface area contributed by atoms with Crippen LogP contribution in [-0.4, -0.2) is 34.5 Å². The van der Waals surface area contributed by atoms with Gasteiger partial charge in [-0.25, -0.2) is 0 Å². The SMILES string of the molecule is O=C(O)CC[C@@H]1CCCCN1C(=O)c1cc(=O)c2ccccc2o1. The fourth-order valence-corrected chi connectivity index (χ4v) is 3.21. The molecule has 6 nitrogen and oxygen atoms in total. The molecule has 1 amide bonds. The number of carbonyl (C=O) groups is 2. The van der Waals surface area contributed by atoms with E-state index in [4.69, 9.17) is 9.52 Å². The Balaban J connectivity index is 1.89. The summed E-state index contributed by atoms with van der Waals surface area (Å²) in [6.07, 6.45) is 3.05. The fraction of sp³-hybridized carbons (Fsp3) is 0.389. The van der Waals surface area contributed by atoms with Gasteiger partial charge >= 0.3 is 5.97 Å². The highest BCUT2D eigenvalue weighted by atomic mass is 16.4. The Labute approximate surface area is 138 Å². The zero-order valence-electron chi connectivity index (χ0n) is 13.2. The Kier molecular flexibility index (Phi) is 4.64. The second-order valence-electron chi connectivity index (χ2n) is 6.05. The monoisotopic (exact) mass is 329 g/mol. The largest absolute Gasteiger partial charge is 0.481 e. The minimum absolute atomic E-state index is 0.0147. The van der Waals surface area contributed by atoms with Gasteiger partial charge in [0.05, 0.1) is 5.39 Å². The zero-order chi connectivity index (χ0) is 17.1. The summed E-state index contributed by atoms with van der Waals surface area (Å²) in [4.78, 5) is 37.4. The molecule has 1 aliphatic heterocycles. The number of hydrogen-bond donors (Lipinski definition) is 1. The maximum atomic E-state index is 12.8. The fourth-order valence-electron chi connectivity index (χ4n) is 3.21. The van der Waals surface area contributed by atoms with Crippen LogP contribution in [0.15, 0.2) is 39.5 Å². The molecule has 126 valence electrons. The maximum Gasteiger partial charge on any atom is 0.303 e. The summed E-state index contributed by atoms with van der Waals surface area (Å²) in [5, 5.41) is 9.32. The van der Waals surface area contributed by atoms with Crippen molar-refractivity contribution in [3.63, 3.8) is 0 Å². The summed E-state index contributed by atoms with van der Waals surface area (Å²) in [5.41, 5.74) is 0.131. The van der Waals surface area contributed by atoms with Crippen LogP contribution in [0.25, 0.3) is 11.0 Å². The van der Waals surface area contributed by atoms with Gasteiger partial charge in [-0.15, -0.1) is 0 Å². The van der Waals surface area contributed by atoms with Gasteiger partial charge in [0, 0.05) is 25.1 Å². The molecule has 2 heterocycles. The molecule has 1 fully saturated rings. The van der Waals surface area contributed by atoms with E-state index in [1.807, 2.05) is 0 Å². The maximum absolute atomic E-state index is 12.8. The Morgan fingerprint density at radius 2 is 2.04 bits per heavy atom. The highest BCUT2D eigenvalue weighted by molar-refractivity contribution is 5.93. The molecule has 24 heavy (non-hydrogen) atoms. The van der Waals surface area contributed by atoms with Crippen LogP contribution < -0.4 is 5.43 Å². The molecule has 1 aliphatic rings. The molecule has 1 aromatic carbocycles. The molecule has 2 aromatic rings. The predicted octanol–water partition coefficient (Wildman–Crippen LogP) is 2.65. The highest BCUT2D eigenvalue weighted by Gasteiger charge is 2.29. The van der Waals surface area contributed by atoms with Crippen molar-refractivity contribution in [3.05, 3.63) is 46.3 Å². The number of carboxylic acid groups (broad SMARTS) is 1. The smallest absolute Gasteiger partial charge is 0.303 e. The summed E-state index contributed by atoms with van der Waals surface area (Å²) in [5.74, 6) is -1.20. The van der Waals surface area contributed by atoms with Crippen LogP contribution in [0.3, 0.4) is 0 Å². The molecule has 6 heteroatoms. The van der Waals surface area contributed by atoms with E-state index in [0.29, 0.717) is 23.9 Å². The number of para-hydroxylation sites is 1. The number of carbonyl (C=O) groups excluding carboxylic acids is 1. The number of aliphatic carboxylic acids is 1. The quantitative estimate of drug-likeness (QED) is 0.931. The van der Waals surface area contributed by atoms with Crippen LogP contribution >= 0.6 is 0 Å². The van der Waals surface area contributed by atoms with Gasteiger partial charge in [0.2, 0.25) is 0 Å². The number of likely N-dealkylation sites (tertiary alicyclic amines) is 1. The Bertz CT molecular complexity index is 826. The molecule has 1 aromatic heterocycles. The summed E-state index contributed by atoms with van der Waals surface area (Å²) in [7, 11) is 0. The minimum Gasteiger partial charge on any atom is -0.481 e. The van der Waals surface area contributed by atoms with Gasteiger partial charge in [0.15, 0.2) is 11.2 Å². The first-order valence-corrected chi connectivity index (χ1v) is 8.12. The molecule has 1 atom stereocenters. The summed E-state index contributed by atoms with van der Waals surface area (Å²) in [6.45, 7) is 0.555. The Hall–Kier alpha value is -2.63. The van der Waals surface area contributed by atoms with Crippen LogP contribution in [0, 0.1) is 0 Å². The molecule has 0 unspecified atom stereocenters. The number of fused-ring (bicyclic) bond motifs is 1. The van der Waals surface area contributed by atoms with E-state index in [1.165, 1.54) is 6.07 Å². The summed E-state index contributed by atoms with van der Waals surface area (Å²) in [6, 6.07) is 7.91. The average Bonchev–Trinajstić information content (AvgIpc) is 2.59. The van der Waals surface area contributed by atoms with Crippen molar-refractivity contribution in [1.29, 1.82) is 0 Å². The first kappa shape index (κ1) is 16.2. The molecule has 0 saturated carbocycles. The van der Waals surface area contributed by atoms with Crippen molar-refractivity contribution >= 4 is 22.8 Å². The van der Waals surface area contributed by atoms with E-state index in [1.54, 1.807) is 29.2 Å². The lowest BCUT2D eigenvalue weighted by molar-refractivity contribution is -0.137. The normalized spacial score (nSPS) is 17.8. The summed E-state index contributed by atoms with van der Waals surface area (Å²) < 4.78 is 5.62. The van der Waals surface area contributed by atoms with Gasteiger partial charge in [-0.1, -0.05) is 12.1 Å². The van der Waals surface area contributed by atoms with E-state index >= 15 is 0 Å². The third-order valence-corrected chi connectivity index (χ3v) is 4.42. The van der Waals surface area contributed by atoms with Crippen molar-refractivity contribution in [2.75, 3.05) is 6.54 Å². The molecule has 1 N–H and O–H groups in total. The first-order valence-electron chi connectivity index (χ1n) is 8.12. The first-order chi connectivity index (χ1) is 11.6. The van der Waals surface area contributed by atoms with Gasteiger partial charge in [-0.05, 0) is 37.8 Å². The predicted molar refractivity (Wildman–Crippen MR) is 88.0 cm³/mol. The van der Waals surface area contributed by atoms with Crippen molar-refractivity contribution < 1.29 is 19.1 Å². The lowest BCUT2D eigenvalue weighted by Gasteiger charge is -2.35. The van der Waals surface area contributed by atoms with Crippen molar-refractivity contribution in [2.24, 2.45) is 0 Å². The lowest BCUT2D eigenvalue weighted by Crippen LogP contribution is -2.44. The number of hydrogen-bond acceptors (Lipinski definition) is 4. The van der Waals surface area contributed by atoms with Gasteiger partial charge in [0.1, 0.15) is 5.58 Å².